The van der Waals surface area contributed by atoms with E-state index in [4.69, 9.17) is 15.2 Å². The van der Waals surface area contributed by atoms with Crippen LogP contribution in [0.4, 0.5) is 11.5 Å². The van der Waals surface area contributed by atoms with Crippen LogP contribution in [0.1, 0.15) is 13.3 Å². The summed E-state index contributed by atoms with van der Waals surface area (Å²) < 4.78 is 10.5. The van der Waals surface area contributed by atoms with Gasteiger partial charge in [-0.2, -0.15) is 4.98 Å². The number of anilines is 2. The molecule has 0 aliphatic carbocycles. The first-order valence-corrected chi connectivity index (χ1v) is 5.64. The fourth-order valence-corrected chi connectivity index (χ4v) is 1.32. The van der Waals surface area contributed by atoms with Gasteiger partial charge < -0.3 is 20.1 Å². The summed E-state index contributed by atoms with van der Waals surface area (Å²) in [5.74, 6) is 1.12. The van der Waals surface area contributed by atoms with Crippen LogP contribution in [0.15, 0.2) is 6.33 Å². The average Bonchev–Trinajstić information content (AvgIpc) is 2.34. The van der Waals surface area contributed by atoms with Crippen molar-refractivity contribution >= 4 is 11.5 Å². The van der Waals surface area contributed by atoms with Gasteiger partial charge >= 0.3 is 0 Å². The average molecular weight is 240 g/mol. The molecule has 0 aliphatic heterocycles. The van der Waals surface area contributed by atoms with Gasteiger partial charge in [0, 0.05) is 20.7 Å². The van der Waals surface area contributed by atoms with Gasteiger partial charge in [-0.3, -0.25) is 0 Å². The third-order valence-corrected chi connectivity index (χ3v) is 2.26. The van der Waals surface area contributed by atoms with Crippen LogP contribution in [0, 0.1) is 0 Å². The van der Waals surface area contributed by atoms with E-state index in [0.29, 0.717) is 37.1 Å². The van der Waals surface area contributed by atoms with E-state index in [9.17, 15) is 0 Å². The molecule has 2 N–H and O–H groups in total. The van der Waals surface area contributed by atoms with Crippen molar-refractivity contribution in [1.29, 1.82) is 0 Å². The highest BCUT2D eigenvalue weighted by Crippen LogP contribution is 2.26. The van der Waals surface area contributed by atoms with Gasteiger partial charge in [-0.15, -0.1) is 0 Å². The van der Waals surface area contributed by atoms with Crippen molar-refractivity contribution in [3.63, 3.8) is 0 Å². The van der Waals surface area contributed by atoms with E-state index in [1.807, 2.05) is 18.9 Å². The number of aromatic nitrogens is 2. The molecule has 0 unspecified atom stereocenters. The van der Waals surface area contributed by atoms with Crippen molar-refractivity contribution in [2.24, 2.45) is 0 Å². The van der Waals surface area contributed by atoms with Crippen molar-refractivity contribution in [2.75, 3.05) is 44.5 Å². The Labute approximate surface area is 102 Å². The highest BCUT2D eigenvalue weighted by molar-refractivity contribution is 5.67. The highest BCUT2D eigenvalue weighted by Gasteiger charge is 2.12. The second kappa shape index (κ2) is 6.90. The van der Waals surface area contributed by atoms with Gasteiger partial charge in [0.25, 0.3) is 0 Å². The van der Waals surface area contributed by atoms with Gasteiger partial charge in [0.05, 0.1) is 13.2 Å². The van der Waals surface area contributed by atoms with E-state index in [-0.39, 0.29) is 0 Å². The van der Waals surface area contributed by atoms with Crippen molar-refractivity contribution in [3.05, 3.63) is 6.33 Å². The Hall–Kier alpha value is -1.56. The number of methoxy groups -OCH3 is 1. The standard InChI is InChI=1S/C11H20N4O2/c1-4-6-17-11-9(12)10(13-8-14-11)15(2)5-7-16-3/h8H,4-7,12H2,1-3H3. The largest absolute Gasteiger partial charge is 0.476 e. The Kier molecular flexibility index (Phi) is 5.48. The molecule has 6 nitrogen and oxygen atoms in total. The molecule has 6 heteroatoms. The quantitative estimate of drug-likeness (QED) is 0.764. The topological polar surface area (TPSA) is 73.5 Å². The Morgan fingerprint density at radius 2 is 2.12 bits per heavy atom. The summed E-state index contributed by atoms with van der Waals surface area (Å²) in [5, 5.41) is 0. The van der Waals surface area contributed by atoms with Crippen LogP contribution in [0.25, 0.3) is 0 Å². The summed E-state index contributed by atoms with van der Waals surface area (Å²) in [6, 6.07) is 0. The minimum Gasteiger partial charge on any atom is -0.476 e. The molecule has 0 amide bonds. The van der Waals surface area contributed by atoms with E-state index in [1.54, 1.807) is 7.11 Å². The molecular weight excluding hydrogens is 220 g/mol. The fourth-order valence-electron chi connectivity index (χ4n) is 1.32. The number of nitrogens with zero attached hydrogens (tertiary/aromatic N) is 3. The Morgan fingerprint density at radius 1 is 1.35 bits per heavy atom. The van der Waals surface area contributed by atoms with Gasteiger partial charge in [0.1, 0.15) is 12.0 Å². The number of ether oxygens (including phenoxy) is 2. The lowest BCUT2D eigenvalue weighted by atomic mass is 10.4. The molecule has 1 heterocycles. The highest BCUT2D eigenvalue weighted by atomic mass is 16.5. The molecule has 96 valence electrons. The van der Waals surface area contributed by atoms with Crippen LogP contribution in [0.5, 0.6) is 5.88 Å². The summed E-state index contributed by atoms with van der Waals surface area (Å²) in [6.45, 7) is 3.96. The van der Waals surface area contributed by atoms with Gasteiger partial charge in [0.15, 0.2) is 5.82 Å². The zero-order chi connectivity index (χ0) is 12.7. The van der Waals surface area contributed by atoms with E-state index in [1.165, 1.54) is 6.33 Å². The SMILES string of the molecule is CCCOc1ncnc(N(C)CCOC)c1N. The minimum absolute atomic E-state index is 0.445. The zero-order valence-corrected chi connectivity index (χ0v) is 10.6. The summed E-state index contributed by atoms with van der Waals surface area (Å²) in [4.78, 5) is 10.1. The normalized spacial score (nSPS) is 10.3. The van der Waals surface area contributed by atoms with Crippen LogP contribution < -0.4 is 15.4 Å². The molecule has 1 aromatic rings. The summed E-state index contributed by atoms with van der Waals surface area (Å²) in [6.07, 6.45) is 2.37. The number of nitrogen functional groups attached to an aromatic ring is 1. The molecular formula is C11H20N4O2. The lowest BCUT2D eigenvalue weighted by Gasteiger charge is -2.20. The summed E-state index contributed by atoms with van der Waals surface area (Å²) >= 11 is 0. The maximum absolute atomic E-state index is 5.96. The smallest absolute Gasteiger partial charge is 0.242 e. The van der Waals surface area contributed by atoms with Crippen LogP contribution in [-0.4, -0.2) is 43.9 Å². The van der Waals surface area contributed by atoms with Crippen molar-refractivity contribution in [1.82, 2.24) is 9.97 Å². The fraction of sp³-hybridized carbons (Fsp3) is 0.636. The molecule has 1 rings (SSSR count). The van der Waals surface area contributed by atoms with Gasteiger partial charge in [0.2, 0.25) is 5.88 Å². The molecule has 0 spiro atoms. The number of hydrogen-bond acceptors (Lipinski definition) is 6. The molecule has 0 radical (unpaired) electrons. The second-order valence-electron chi connectivity index (χ2n) is 3.68. The monoisotopic (exact) mass is 240 g/mol. The lowest BCUT2D eigenvalue weighted by molar-refractivity contribution is 0.206. The molecule has 0 saturated carbocycles. The number of likely N-dealkylation sites (N-methyl/N-ethyl adjacent to an activating group) is 1. The van der Waals surface area contributed by atoms with E-state index in [0.717, 1.165) is 6.42 Å². The molecule has 0 atom stereocenters. The summed E-state index contributed by atoms with van der Waals surface area (Å²) in [5.41, 5.74) is 6.44. The predicted molar refractivity (Wildman–Crippen MR) is 67.4 cm³/mol. The maximum atomic E-state index is 5.96. The molecule has 1 aromatic heterocycles. The van der Waals surface area contributed by atoms with Gasteiger partial charge in [-0.1, -0.05) is 6.92 Å². The summed E-state index contributed by atoms with van der Waals surface area (Å²) in [7, 11) is 3.56. The second-order valence-corrected chi connectivity index (χ2v) is 3.68. The lowest BCUT2D eigenvalue weighted by Crippen LogP contribution is -2.24. The third kappa shape index (κ3) is 3.74. The van der Waals surface area contributed by atoms with Crippen molar-refractivity contribution in [2.45, 2.75) is 13.3 Å². The first kappa shape index (κ1) is 13.5. The first-order valence-electron chi connectivity index (χ1n) is 5.64. The van der Waals surface area contributed by atoms with Gasteiger partial charge in [-0.05, 0) is 6.42 Å². The predicted octanol–water partition coefficient (Wildman–Crippen LogP) is 0.930. The number of rotatable bonds is 7. The van der Waals surface area contributed by atoms with E-state index < -0.39 is 0 Å². The van der Waals surface area contributed by atoms with E-state index in [2.05, 4.69) is 9.97 Å². The van der Waals surface area contributed by atoms with Gasteiger partial charge in [-0.25, -0.2) is 4.98 Å². The molecule has 17 heavy (non-hydrogen) atoms. The minimum atomic E-state index is 0.445. The Balaban J connectivity index is 2.78. The maximum Gasteiger partial charge on any atom is 0.242 e. The van der Waals surface area contributed by atoms with Crippen LogP contribution in [0.3, 0.4) is 0 Å². The van der Waals surface area contributed by atoms with Crippen LogP contribution >= 0.6 is 0 Å². The molecule has 0 aromatic carbocycles. The molecule has 0 bridgehead atoms. The number of nitrogens with two attached hydrogens (primary N) is 1. The third-order valence-electron chi connectivity index (χ3n) is 2.26. The van der Waals surface area contributed by atoms with E-state index >= 15 is 0 Å². The molecule has 0 saturated heterocycles. The number of hydrogen-bond donors (Lipinski definition) is 1. The Morgan fingerprint density at radius 3 is 2.76 bits per heavy atom. The zero-order valence-electron chi connectivity index (χ0n) is 10.6. The molecule has 0 aliphatic rings. The van der Waals surface area contributed by atoms with Crippen molar-refractivity contribution in [3.8, 4) is 5.88 Å². The van der Waals surface area contributed by atoms with Crippen LogP contribution in [0.2, 0.25) is 0 Å². The van der Waals surface area contributed by atoms with Crippen molar-refractivity contribution < 1.29 is 9.47 Å². The first-order chi connectivity index (χ1) is 8.20. The Bertz CT molecular complexity index is 346. The van der Waals surface area contributed by atoms with Crippen LogP contribution in [-0.2, 0) is 4.74 Å². The molecule has 0 fully saturated rings.